The van der Waals surface area contributed by atoms with Crippen LogP contribution in [0.1, 0.15) is 53.9 Å². The summed E-state index contributed by atoms with van der Waals surface area (Å²) < 4.78 is 0. The normalized spacial score (nSPS) is 13.4. The Labute approximate surface area is 110 Å². The Balaban J connectivity index is 4.21. The average molecular weight is 257 g/mol. The summed E-state index contributed by atoms with van der Waals surface area (Å²) in [6.45, 7) is 9.92. The predicted molar refractivity (Wildman–Crippen MR) is 72.3 cm³/mol. The molecule has 4 nitrogen and oxygen atoms in total. The second-order valence-corrected chi connectivity index (χ2v) is 5.87. The Bertz CT molecular complexity index is 285. The highest BCUT2D eigenvalue weighted by Crippen LogP contribution is 2.20. The summed E-state index contributed by atoms with van der Waals surface area (Å²) in [6, 6.07) is 0. The van der Waals surface area contributed by atoms with Crippen molar-refractivity contribution in [3.63, 3.8) is 0 Å². The van der Waals surface area contributed by atoms with Crippen LogP contribution < -0.4 is 5.32 Å². The summed E-state index contributed by atoms with van der Waals surface area (Å²) in [5, 5.41) is 11.8. The molecule has 0 aromatic rings. The van der Waals surface area contributed by atoms with Gasteiger partial charge in [-0.05, 0) is 32.6 Å². The zero-order valence-electron chi connectivity index (χ0n) is 12.2. The molecule has 0 aromatic carbocycles. The van der Waals surface area contributed by atoms with Gasteiger partial charge in [0.1, 0.15) is 0 Å². The van der Waals surface area contributed by atoms with Crippen molar-refractivity contribution in [2.24, 2.45) is 17.3 Å². The van der Waals surface area contributed by atoms with Gasteiger partial charge >= 0.3 is 5.97 Å². The first-order valence-electron chi connectivity index (χ1n) is 6.73. The highest BCUT2D eigenvalue weighted by Gasteiger charge is 2.27. The first-order chi connectivity index (χ1) is 8.22. The molecule has 0 radical (unpaired) electrons. The lowest BCUT2D eigenvalue weighted by atomic mass is 9.88. The highest BCUT2D eigenvalue weighted by atomic mass is 16.4. The van der Waals surface area contributed by atoms with E-state index < -0.39 is 11.4 Å². The van der Waals surface area contributed by atoms with Crippen LogP contribution in [0.3, 0.4) is 0 Å². The molecule has 0 aromatic heterocycles. The number of carbonyl (C=O) groups is 2. The largest absolute Gasteiger partial charge is 0.481 e. The summed E-state index contributed by atoms with van der Waals surface area (Å²) in [5.74, 6) is -0.431. The molecule has 0 aliphatic rings. The van der Waals surface area contributed by atoms with Gasteiger partial charge in [0.25, 0.3) is 0 Å². The number of amides is 1. The third-order valence-electron chi connectivity index (χ3n) is 3.37. The lowest BCUT2D eigenvalue weighted by molar-refractivity contribution is -0.147. The Morgan fingerprint density at radius 2 is 1.83 bits per heavy atom. The number of hydrogen-bond acceptors (Lipinski definition) is 2. The molecule has 106 valence electrons. The highest BCUT2D eigenvalue weighted by molar-refractivity contribution is 5.79. The Hall–Kier alpha value is -1.06. The summed E-state index contributed by atoms with van der Waals surface area (Å²) in [7, 11) is 0. The van der Waals surface area contributed by atoms with Crippen LogP contribution in [0.15, 0.2) is 0 Å². The van der Waals surface area contributed by atoms with Gasteiger partial charge in [-0.15, -0.1) is 0 Å². The van der Waals surface area contributed by atoms with Crippen LogP contribution in [0, 0.1) is 17.3 Å². The fraction of sp³-hybridized carbons (Fsp3) is 0.857. The Morgan fingerprint density at radius 1 is 1.28 bits per heavy atom. The molecule has 1 atom stereocenters. The van der Waals surface area contributed by atoms with E-state index in [-0.39, 0.29) is 11.8 Å². The van der Waals surface area contributed by atoms with Gasteiger partial charge in [-0.25, -0.2) is 0 Å². The molecule has 0 rings (SSSR count). The molecule has 0 fully saturated rings. The molecule has 0 heterocycles. The first-order valence-corrected chi connectivity index (χ1v) is 6.73. The van der Waals surface area contributed by atoms with Crippen LogP contribution in [0.4, 0.5) is 0 Å². The van der Waals surface area contributed by atoms with E-state index >= 15 is 0 Å². The van der Waals surface area contributed by atoms with E-state index in [9.17, 15) is 9.59 Å². The molecule has 0 aliphatic heterocycles. The van der Waals surface area contributed by atoms with Crippen LogP contribution in [0.5, 0.6) is 0 Å². The zero-order chi connectivity index (χ0) is 14.3. The van der Waals surface area contributed by atoms with Gasteiger partial charge in [-0.2, -0.15) is 0 Å². The molecule has 4 heteroatoms. The minimum Gasteiger partial charge on any atom is -0.481 e. The van der Waals surface area contributed by atoms with Gasteiger partial charge in [0.05, 0.1) is 5.41 Å². The minimum atomic E-state index is -0.828. The van der Waals surface area contributed by atoms with E-state index in [2.05, 4.69) is 12.2 Å². The number of carboxylic acid groups (broad SMARTS) is 1. The van der Waals surface area contributed by atoms with Crippen molar-refractivity contribution < 1.29 is 14.7 Å². The molecule has 1 unspecified atom stereocenters. The fourth-order valence-electron chi connectivity index (χ4n) is 1.81. The smallest absolute Gasteiger partial charge is 0.309 e. The number of hydrogen-bond donors (Lipinski definition) is 2. The summed E-state index contributed by atoms with van der Waals surface area (Å²) >= 11 is 0. The molecule has 18 heavy (non-hydrogen) atoms. The molecule has 0 aliphatic carbocycles. The summed E-state index contributed by atoms with van der Waals surface area (Å²) in [5.41, 5.74) is -0.786. The Morgan fingerprint density at radius 3 is 2.22 bits per heavy atom. The molecule has 0 saturated carbocycles. The number of rotatable bonds is 8. The number of carbonyl (C=O) groups excluding carboxylic acids is 1. The van der Waals surface area contributed by atoms with Crippen LogP contribution >= 0.6 is 0 Å². The van der Waals surface area contributed by atoms with Gasteiger partial charge in [0.15, 0.2) is 0 Å². The van der Waals surface area contributed by atoms with E-state index in [0.29, 0.717) is 18.9 Å². The minimum absolute atomic E-state index is 0.0305. The SMILES string of the molecule is CCCC(C(=O)NCCC(C)(C)C(=O)O)C(C)C. The van der Waals surface area contributed by atoms with Crippen LogP contribution in [-0.2, 0) is 9.59 Å². The predicted octanol–water partition coefficient (Wildman–Crippen LogP) is 2.68. The molecular weight excluding hydrogens is 230 g/mol. The van der Waals surface area contributed by atoms with Crippen LogP contribution in [0.2, 0.25) is 0 Å². The second kappa shape index (κ2) is 7.39. The maximum Gasteiger partial charge on any atom is 0.309 e. The lowest BCUT2D eigenvalue weighted by Gasteiger charge is -2.22. The molecule has 1 amide bonds. The number of carboxylic acids is 1. The van der Waals surface area contributed by atoms with E-state index in [0.717, 1.165) is 12.8 Å². The van der Waals surface area contributed by atoms with E-state index in [1.165, 1.54) is 0 Å². The van der Waals surface area contributed by atoms with Crippen molar-refractivity contribution in [2.45, 2.75) is 53.9 Å². The van der Waals surface area contributed by atoms with Gasteiger partial charge in [-0.3, -0.25) is 9.59 Å². The Kier molecular flexibility index (Phi) is 6.96. The standard InChI is InChI=1S/C14H27NO3/c1-6-7-11(10(2)3)12(16)15-9-8-14(4,5)13(17)18/h10-11H,6-9H2,1-5H3,(H,15,16)(H,17,18). The van der Waals surface area contributed by atoms with E-state index in [4.69, 9.17) is 5.11 Å². The summed E-state index contributed by atoms with van der Waals surface area (Å²) in [6.07, 6.45) is 2.31. The van der Waals surface area contributed by atoms with Crippen molar-refractivity contribution >= 4 is 11.9 Å². The van der Waals surface area contributed by atoms with Gasteiger partial charge in [0.2, 0.25) is 5.91 Å². The maximum atomic E-state index is 12.0. The third kappa shape index (κ3) is 5.52. The molecular formula is C14H27NO3. The van der Waals surface area contributed by atoms with Crippen molar-refractivity contribution in [2.75, 3.05) is 6.54 Å². The monoisotopic (exact) mass is 257 g/mol. The number of nitrogens with one attached hydrogen (secondary N) is 1. The molecule has 0 bridgehead atoms. The number of aliphatic carboxylic acids is 1. The van der Waals surface area contributed by atoms with E-state index in [1.807, 2.05) is 13.8 Å². The average Bonchev–Trinajstić information content (AvgIpc) is 2.24. The zero-order valence-corrected chi connectivity index (χ0v) is 12.2. The first kappa shape index (κ1) is 16.9. The molecule has 0 spiro atoms. The van der Waals surface area contributed by atoms with Gasteiger partial charge < -0.3 is 10.4 Å². The molecule has 2 N–H and O–H groups in total. The quantitative estimate of drug-likeness (QED) is 0.702. The van der Waals surface area contributed by atoms with Crippen molar-refractivity contribution in [3.8, 4) is 0 Å². The van der Waals surface area contributed by atoms with Crippen LogP contribution in [0.25, 0.3) is 0 Å². The van der Waals surface area contributed by atoms with Crippen molar-refractivity contribution in [1.82, 2.24) is 5.32 Å². The van der Waals surface area contributed by atoms with E-state index in [1.54, 1.807) is 13.8 Å². The van der Waals surface area contributed by atoms with Crippen molar-refractivity contribution in [3.05, 3.63) is 0 Å². The summed E-state index contributed by atoms with van der Waals surface area (Å²) in [4.78, 5) is 22.9. The van der Waals surface area contributed by atoms with Crippen LogP contribution in [-0.4, -0.2) is 23.5 Å². The van der Waals surface area contributed by atoms with Gasteiger partial charge in [-0.1, -0.05) is 27.2 Å². The lowest BCUT2D eigenvalue weighted by Crippen LogP contribution is -2.37. The topological polar surface area (TPSA) is 66.4 Å². The van der Waals surface area contributed by atoms with Gasteiger partial charge in [0, 0.05) is 12.5 Å². The molecule has 0 saturated heterocycles. The third-order valence-corrected chi connectivity index (χ3v) is 3.37. The fourth-order valence-corrected chi connectivity index (χ4v) is 1.81. The second-order valence-electron chi connectivity index (χ2n) is 5.87. The van der Waals surface area contributed by atoms with Crippen molar-refractivity contribution in [1.29, 1.82) is 0 Å². The maximum absolute atomic E-state index is 12.0.